The highest BCUT2D eigenvalue weighted by Gasteiger charge is 2.24. The molecule has 100 valence electrons. The first-order valence-electron chi connectivity index (χ1n) is 6.49. The minimum Gasteiger partial charge on any atom is -0.423 e. The highest BCUT2D eigenvalue weighted by atomic mass is 16.5. The van der Waals surface area contributed by atoms with Crippen LogP contribution in [-0.2, 0) is 4.74 Å². The van der Waals surface area contributed by atoms with Crippen LogP contribution in [0.5, 0.6) is 0 Å². The first-order chi connectivity index (χ1) is 9.24. The van der Waals surface area contributed by atoms with Crippen molar-refractivity contribution in [3.8, 4) is 11.5 Å². The van der Waals surface area contributed by atoms with Crippen molar-refractivity contribution in [1.29, 1.82) is 0 Å². The Hall–Kier alpha value is -1.88. The van der Waals surface area contributed by atoms with Gasteiger partial charge in [0.05, 0.1) is 12.1 Å². The van der Waals surface area contributed by atoms with E-state index in [0.29, 0.717) is 11.9 Å². The van der Waals surface area contributed by atoms with E-state index >= 15 is 0 Å². The van der Waals surface area contributed by atoms with Crippen molar-refractivity contribution in [2.75, 3.05) is 11.9 Å². The summed E-state index contributed by atoms with van der Waals surface area (Å²) in [5.41, 5.74) is 3.22. The molecule has 19 heavy (non-hydrogen) atoms. The number of hydrogen-bond acceptors (Lipinski definition) is 5. The lowest BCUT2D eigenvalue weighted by Crippen LogP contribution is -2.26. The smallest absolute Gasteiger partial charge is 0.247 e. The van der Waals surface area contributed by atoms with E-state index in [1.54, 1.807) is 0 Å². The topological polar surface area (TPSA) is 60.2 Å². The molecular weight excluding hydrogens is 242 g/mol. The standard InChI is InChI=1S/C14H17N3O2/c1-9-3-4-11(14-17-15-8-19-14)7-13(9)16-12-5-6-18-10(12)2/h3-4,7-8,10,12,16H,5-6H2,1-2H3. The molecule has 2 aromatic rings. The van der Waals surface area contributed by atoms with Crippen molar-refractivity contribution in [3.05, 3.63) is 30.2 Å². The lowest BCUT2D eigenvalue weighted by Gasteiger charge is -2.19. The SMILES string of the molecule is Cc1ccc(-c2nnco2)cc1NC1CCOC1C. The highest BCUT2D eigenvalue weighted by Crippen LogP contribution is 2.26. The normalized spacial score (nSPS) is 22.6. The predicted octanol–water partition coefficient (Wildman–Crippen LogP) is 2.63. The third kappa shape index (κ3) is 2.46. The summed E-state index contributed by atoms with van der Waals surface area (Å²) in [6.07, 6.45) is 2.62. The molecule has 5 heteroatoms. The van der Waals surface area contributed by atoms with Crippen molar-refractivity contribution >= 4 is 5.69 Å². The fourth-order valence-corrected chi connectivity index (χ4v) is 2.33. The Morgan fingerprint density at radius 1 is 1.37 bits per heavy atom. The van der Waals surface area contributed by atoms with Gasteiger partial charge in [0.1, 0.15) is 0 Å². The van der Waals surface area contributed by atoms with E-state index < -0.39 is 0 Å². The molecule has 3 rings (SSSR count). The quantitative estimate of drug-likeness (QED) is 0.918. The molecular formula is C14H17N3O2. The summed E-state index contributed by atoms with van der Waals surface area (Å²) in [6.45, 7) is 5.00. The molecule has 0 saturated carbocycles. The number of hydrogen-bond donors (Lipinski definition) is 1. The lowest BCUT2D eigenvalue weighted by atomic mass is 10.1. The Balaban J connectivity index is 1.86. The van der Waals surface area contributed by atoms with Crippen molar-refractivity contribution in [2.24, 2.45) is 0 Å². The molecule has 1 fully saturated rings. The molecule has 1 aliphatic heterocycles. The Labute approximate surface area is 112 Å². The summed E-state index contributed by atoms with van der Waals surface area (Å²) in [5.74, 6) is 0.541. The molecule has 1 N–H and O–H groups in total. The number of nitrogens with zero attached hydrogens (tertiary/aromatic N) is 2. The molecule has 2 atom stereocenters. The Morgan fingerprint density at radius 3 is 2.95 bits per heavy atom. The molecule has 1 saturated heterocycles. The van der Waals surface area contributed by atoms with Gasteiger partial charge in [-0.1, -0.05) is 6.07 Å². The van der Waals surface area contributed by atoms with Gasteiger partial charge in [-0.25, -0.2) is 0 Å². The number of ether oxygens (including phenoxy) is 1. The highest BCUT2D eigenvalue weighted by molar-refractivity contribution is 5.64. The molecule has 1 aromatic heterocycles. The maximum Gasteiger partial charge on any atom is 0.247 e. The van der Waals surface area contributed by atoms with Gasteiger partial charge in [-0.05, 0) is 38.0 Å². The van der Waals surface area contributed by atoms with Gasteiger partial charge >= 0.3 is 0 Å². The van der Waals surface area contributed by atoms with Crippen LogP contribution in [0.25, 0.3) is 11.5 Å². The van der Waals surface area contributed by atoms with Crippen LogP contribution in [0.4, 0.5) is 5.69 Å². The van der Waals surface area contributed by atoms with E-state index in [1.165, 1.54) is 12.0 Å². The van der Waals surface area contributed by atoms with Crippen LogP contribution in [0.2, 0.25) is 0 Å². The van der Waals surface area contributed by atoms with E-state index in [4.69, 9.17) is 9.15 Å². The molecule has 5 nitrogen and oxygen atoms in total. The maximum atomic E-state index is 5.58. The van der Waals surface area contributed by atoms with Gasteiger partial charge in [-0.3, -0.25) is 0 Å². The van der Waals surface area contributed by atoms with Crippen molar-refractivity contribution in [3.63, 3.8) is 0 Å². The van der Waals surface area contributed by atoms with Gasteiger partial charge in [0.15, 0.2) is 0 Å². The van der Waals surface area contributed by atoms with Crippen LogP contribution >= 0.6 is 0 Å². The average molecular weight is 259 g/mol. The molecule has 2 unspecified atom stereocenters. The first-order valence-corrected chi connectivity index (χ1v) is 6.49. The molecule has 0 bridgehead atoms. The Morgan fingerprint density at radius 2 is 2.26 bits per heavy atom. The largest absolute Gasteiger partial charge is 0.423 e. The second kappa shape index (κ2) is 5.01. The van der Waals surface area contributed by atoms with Crippen LogP contribution in [0, 0.1) is 6.92 Å². The van der Waals surface area contributed by atoms with E-state index in [9.17, 15) is 0 Å². The number of nitrogens with one attached hydrogen (secondary N) is 1. The minimum absolute atomic E-state index is 0.242. The van der Waals surface area contributed by atoms with Crippen LogP contribution in [0.15, 0.2) is 29.0 Å². The average Bonchev–Trinajstić information content (AvgIpc) is 3.05. The van der Waals surface area contributed by atoms with Crippen molar-refractivity contribution in [1.82, 2.24) is 10.2 Å². The molecule has 2 heterocycles. The number of aromatic nitrogens is 2. The Kier molecular flexibility index (Phi) is 3.21. The number of benzene rings is 1. The zero-order valence-corrected chi connectivity index (χ0v) is 11.1. The van der Waals surface area contributed by atoms with Crippen LogP contribution in [0.1, 0.15) is 18.9 Å². The van der Waals surface area contributed by atoms with Crippen molar-refractivity contribution in [2.45, 2.75) is 32.4 Å². The van der Waals surface area contributed by atoms with Gasteiger partial charge in [0.2, 0.25) is 12.3 Å². The second-order valence-corrected chi connectivity index (χ2v) is 4.89. The molecule has 0 spiro atoms. The zero-order chi connectivity index (χ0) is 13.2. The maximum absolute atomic E-state index is 5.58. The van der Waals surface area contributed by atoms with Crippen LogP contribution in [0.3, 0.4) is 0 Å². The van der Waals surface area contributed by atoms with E-state index in [1.807, 2.05) is 12.1 Å². The summed E-state index contributed by atoms with van der Waals surface area (Å²) in [6, 6.07) is 6.45. The zero-order valence-electron chi connectivity index (χ0n) is 11.1. The van der Waals surface area contributed by atoms with Gasteiger partial charge in [0.25, 0.3) is 0 Å². The van der Waals surface area contributed by atoms with Crippen LogP contribution in [-0.4, -0.2) is 29.0 Å². The second-order valence-electron chi connectivity index (χ2n) is 4.89. The summed E-state index contributed by atoms with van der Waals surface area (Å²) in [5, 5.41) is 11.2. The van der Waals surface area contributed by atoms with E-state index in [-0.39, 0.29) is 6.10 Å². The number of aryl methyl sites for hydroxylation is 1. The lowest BCUT2D eigenvalue weighted by molar-refractivity contribution is 0.121. The summed E-state index contributed by atoms with van der Waals surface area (Å²) < 4.78 is 10.8. The van der Waals surface area contributed by atoms with Crippen molar-refractivity contribution < 1.29 is 9.15 Å². The van der Waals surface area contributed by atoms with Gasteiger partial charge in [-0.2, -0.15) is 0 Å². The van der Waals surface area contributed by atoms with Crippen LogP contribution < -0.4 is 5.32 Å². The third-order valence-corrected chi connectivity index (χ3v) is 3.56. The van der Waals surface area contributed by atoms with Gasteiger partial charge in [0, 0.05) is 17.9 Å². The fraction of sp³-hybridized carbons (Fsp3) is 0.429. The predicted molar refractivity (Wildman–Crippen MR) is 71.9 cm³/mol. The first kappa shape index (κ1) is 12.2. The molecule has 1 aromatic carbocycles. The van der Waals surface area contributed by atoms with Gasteiger partial charge < -0.3 is 14.5 Å². The Bertz CT molecular complexity index is 554. The monoisotopic (exact) mass is 259 g/mol. The van der Waals surface area contributed by atoms with E-state index in [0.717, 1.165) is 24.3 Å². The summed E-state index contributed by atoms with van der Waals surface area (Å²) >= 11 is 0. The number of rotatable bonds is 3. The molecule has 0 amide bonds. The fourth-order valence-electron chi connectivity index (χ4n) is 2.33. The van der Waals surface area contributed by atoms with E-state index in [2.05, 4.69) is 35.4 Å². The van der Waals surface area contributed by atoms with Gasteiger partial charge in [-0.15, -0.1) is 10.2 Å². The summed E-state index contributed by atoms with van der Waals surface area (Å²) in [7, 11) is 0. The molecule has 0 radical (unpaired) electrons. The minimum atomic E-state index is 0.242. The molecule has 0 aliphatic carbocycles. The third-order valence-electron chi connectivity index (χ3n) is 3.56. The molecule has 1 aliphatic rings. The summed E-state index contributed by atoms with van der Waals surface area (Å²) in [4.78, 5) is 0. The number of anilines is 1.